The fourth-order valence-corrected chi connectivity index (χ4v) is 0.232. The number of carbonyl (C=O) groups excluding carboxylic acids is 1. The van der Waals surface area contributed by atoms with Gasteiger partial charge in [0.15, 0.2) is 0 Å². The maximum atomic E-state index is 10.1. The molecule has 50 valence electrons. The van der Waals surface area contributed by atoms with E-state index in [2.05, 4.69) is 11.3 Å². The molecule has 0 aromatic rings. The molecule has 0 saturated heterocycles. The molecular weight excluding hydrogens is 140 g/mol. The van der Waals surface area contributed by atoms with E-state index in [9.17, 15) is 4.79 Å². The molecule has 9 heavy (non-hydrogen) atoms. The maximum absolute atomic E-state index is 10.1. The van der Waals surface area contributed by atoms with Crippen LogP contribution in [0.15, 0.2) is 23.9 Å². The van der Waals surface area contributed by atoms with Gasteiger partial charge >= 0.3 is 5.97 Å². The van der Waals surface area contributed by atoms with Gasteiger partial charge in [0, 0.05) is 6.92 Å². The monoisotopic (exact) mass is 146 g/mol. The van der Waals surface area contributed by atoms with Crippen LogP contribution < -0.4 is 0 Å². The fraction of sp³-hybridized carbons (Fsp3) is 0.167. The minimum atomic E-state index is -0.394. The Bertz CT molecular complexity index is 149. The van der Waals surface area contributed by atoms with Crippen molar-refractivity contribution in [1.29, 1.82) is 0 Å². The van der Waals surface area contributed by atoms with Crippen LogP contribution in [0.3, 0.4) is 0 Å². The van der Waals surface area contributed by atoms with Crippen molar-refractivity contribution >= 4 is 17.6 Å². The number of carbonyl (C=O) groups is 1. The lowest BCUT2D eigenvalue weighted by Gasteiger charge is -1.89. The molecule has 0 rings (SSSR count). The Morgan fingerprint density at radius 3 is 2.67 bits per heavy atom. The molecule has 0 atom stereocenters. The molecule has 2 nitrogen and oxygen atoms in total. The van der Waals surface area contributed by atoms with Crippen molar-refractivity contribution in [3.05, 3.63) is 23.9 Å². The van der Waals surface area contributed by atoms with Gasteiger partial charge in [-0.3, -0.25) is 4.79 Å². The van der Waals surface area contributed by atoms with Gasteiger partial charge < -0.3 is 4.74 Å². The molecule has 0 aromatic heterocycles. The summed E-state index contributed by atoms with van der Waals surface area (Å²) >= 11 is 5.38. The second-order valence-electron chi connectivity index (χ2n) is 1.32. The van der Waals surface area contributed by atoms with E-state index in [4.69, 9.17) is 11.6 Å². The lowest BCUT2D eigenvalue weighted by Crippen LogP contribution is -1.89. The highest BCUT2D eigenvalue weighted by Gasteiger charge is 1.87. The van der Waals surface area contributed by atoms with E-state index in [1.165, 1.54) is 13.0 Å². The van der Waals surface area contributed by atoms with Crippen molar-refractivity contribution in [1.82, 2.24) is 0 Å². The molecule has 0 radical (unpaired) electrons. The minimum absolute atomic E-state index is 0.310. The summed E-state index contributed by atoms with van der Waals surface area (Å²) in [6.45, 7) is 4.64. The first-order valence-electron chi connectivity index (χ1n) is 2.32. The lowest BCUT2D eigenvalue weighted by atomic mass is 10.6. The Morgan fingerprint density at radius 1 is 1.78 bits per heavy atom. The van der Waals surface area contributed by atoms with Crippen molar-refractivity contribution < 1.29 is 9.53 Å². The molecular formula is C6H7ClO2. The average molecular weight is 147 g/mol. The van der Waals surface area contributed by atoms with Crippen LogP contribution in [0, 0.1) is 0 Å². The molecule has 0 aromatic carbocycles. The molecule has 0 aliphatic heterocycles. The molecule has 0 heterocycles. The van der Waals surface area contributed by atoms with Crippen LogP contribution in [0.5, 0.6) is 0 Å². The number of allylic oxidation sites excluding steroid dienone is 2. The van der Waals surface area contributed by atoms with Crippen molar-refractivity contribution in [2.45, 2.75) is 6.92 Å². The predicted molar refractivity (Wildman–Crippen MR) is 35.9 cm³/mol. The van der Waals surface area contributed by atoms with E-state index in [0.717, 1.165) is 6.26 Å². The molecule has 0 aliphatic rings. The van der Waals surface area contributed by atoms with Crippen molar-refractivity contribution in [2.24, 2.45) is 0 Å². The summed E-state index contributed by atoms with van der Waals surface area (Å²) in [4.78, 5) is 10.1. The predicted octanol–water partition coefficient (Wildman–Crippen LogP) is 1.82. The summed E-state index contributed by atoms with van der Waals surface area (Å²) in [6, 6.07) is 0. The van der Waals surface area contributed by atoms with Crippen molar-refractivity contribution in [3.8, 4) is 0 Å². The fourth-order valence-electron chi connectivity index (χ4n) is 0.187. The van der Waals surface area contributed by atoms with E-state index >= 15 is 0 Å². The smallest absolute Gasteiger partial charge is 0.307 e. The Hall–Kier alpha value is -0.760. The van der Waals surface area contributed by atoms with Crippen LogP contribution in [0.4, 0.5) is 0 Å². The quantitative estimate of drug-likeness (QED) is 0.338. The van der Waals surface area contributed by atoms with Crippen molar-refractivity contribution in [2.75, 3.05) is 0 Å². The van der Waals surface area contributed by atoms with Gasteiger partial charge in [-0.05, 0) is 6.08 Å². The normalized spacial score (nSPS) is 10.7. The van der Waals surface area contributed by atoms with Gasteiger partial charge in [0.05, 0.1) is 5.03 Å². The highest BCUT2D eigenvalue weighted by atomic mass is 35.5. The first-order valence-corrected chi connectivity index (χ1v) is 2.70. The first kappa shape index (κ1) is 8.24. The SMILES string of the molecule is C=C/C(Cl)=C\OC(C)=O. The summed E-state index contributed by atoms with van der Waals surface area (Å²) in [7, 11) is 0. The molecule has 0 fully saturated rings. The van der Waals surface area contributed by atoms with Crippen LogP contribution in [-0.2, 0) is 9.53 Å². The molecule has 0 spiro atoms. The summed E-state index contributed by atoms with van der Waals surface area (Å²) in [5, 5.41) is 0.310. The third kappa shape index (κ3) is 5.11. The third-order valence-corrected chi connectivity index (χ3v) is 0.776. The summed E-state index contributed by atoms with van der Waals surface area (Å²) in [5.74, 6) is -0.394. The van der Waals surface area contributed by atoms with Crippen LogP contribution in [-0.4, -0.2) is 5.97 Å². The number of hydrogen-bond donors (Lipinski definition) is 0. The first-order chi connectivity index (χ1) is 4.16. The van der Waals surface area contributed by atoms with E-state index in [0.29, 0.717) is 5.03 Å². The number of ether oxygens (including phenoxy) is 1. The second-order valence-corrected chi connectivity index (χ2v) is 1.75. The highest BCUT2D eigenvalue weighted by molar-refractivity contribution is 6.31. The number of esters is 1. The number of halogens is 1. The zero-order valence-electron chi connectivity index (χ0n) is 5.06. The van der Waals surface area contributed by atoms with Gasteiger partial charge in [-0.2, -0.15) is 0 Å². The maximum Gasteiger partial charge on any atom is 0.307 e. The molecule has 0 N–H and O–H groups in total. The van der Waals surface area contributed by atoms with Crippen LogP contribution >= 0.6 is 11.6 Å². The van der Waals surface area contributed by atoms with E-state index in [-0.39, 0.29) is 0 Å². The zero-order chi connectivity index (χ0) is 7.28. The Labute approximate surface area is 58.8 Å². The zero-order valence-corrected chi connectivity index (χ0v) is 5.81. The Morgan fingerprint density at radius 2 is 2.33 bits per heavy atom. The molecule has 0 bridgehead atoms. The highest BCUT2D eigenvalue weighted by Crippen LogP contribution is 2.00. The van der Waals surface area contributed by atoms with Gasteiger partial charge in [0.2, 0.25) is 0 Å². The summed E-state index contributed by atoms with van der Waals surface area (Å²) in [5.41, 5.74) is 0. The molecule has 0 amide bonds. The van der Waals surface area contributed by atoms with E-state index < -0.39 is 5.97 Å². The van der Waals surface area contributed by atoms with Crippen LogP contribution in [0.2, 0.25) is 0 Å². The van der Waals surface area contributed by atoms with Crippen molar-refractivity contribution in [3.63, 3.8) is 0 Å². The van der Waals surface area contributed by atoms with Crippen LogP contribution in [0.1, 0.15) is 6.92 Å². The molecule has 0 unspecified atom stereocenters. The molecule has 0 saturated carbocycles. The van der Waals surface area contributed by atoms with Crippen LogP contribution in [0.25, 0.3) is 0 Å². The average Bonchev–Trinajstić information content (AvgIpc) is 1.83. The number of rotatable bonds is 2. The Kier molecular flexibility index (Phi) is 3.80. The topological polar surface area (TPSA) is 26.3 Å². The largest absolute Gasteiger partial charge is 0.433 e. The van der Waals surface area contributed by atoms with E-state index in [1.54, 1.807) is 0 Å². The van der Waals surface area contributed by atoms with Gasteiger partial charge in [-0.1, -0.05) is 18.2 Å². The van der Waals surface area contributed by atoms with Gasteiger partial charge in [-0.25, -0.2) is 0 Å². The number of hydrogen-bond acceptors (Lipinski definition) is 2. The van der Waals surface area contributed by atoms with E-state index in [1.807, 2.05) is 0 Å². The Balaban J connectivity index is 3.69. The molecule has 3 heteroatoms. The molecule has 0 aliphatic carbocycles. The van der Waals surface area contributed by atoms with Gasteiger partial charge in [-0.15, -0.1) is 0 Å². The lowest BCUT2D eigenvalue weighted by molar-refractivity contribution is -0.135. The summed E-state index contributed by atoms with van der Waals surface area (Å²) in [6.07, 6.45) is 2.52. The third-order valence-electron chi connectivity index (χ3n) is 0.532. The van der Waals surface area contributed by atoms with Gasteiger partial charge in [0.25, 0.3) is 0 Å². The minimum Gasteiger partial charge on any atom is -0.433 e. The van der Waals surface area contributed by atoms with Gasteiger partial charge in [0.1, 0.15) is 6.26 Å². The second kappa shape index (κ2) is 4.15. The summed E-state index contributed by atoms with van der Waals surface area (Å²) < 4.78 is 4.39. The standard InChI is InChI=1S/C6H7ClO2/c1-3-6(7)4-9-5(2)8/h3-4H,1H2,2H3/b6-4+.